The summed E-state index contributed by atoms with van der Waals surface area (Å²) in [5, 5.41) is 0. The number of aromatic nitrogens is 5. The molecule has 226 valence electrons. The van der Waals surface area contributed by atoms with E-state index in [4.69, 9.17) is 19.9 Å². The maximum absolute atomic E-state index is 5.08. The topological polar surface area (TPSA) is 64.5 Å². The van der Waals surface area contributed by atoms with Gasteiger partial charge in [0.25, 0.3) is 0 Å². The molecule has 4 aromatic heterocycles. The molecule has 0 fully saturated rings. The summed E-state index contributed by atoms with van der Waals surface area (Å²) < 4.78 is 0. The fraction of sp³-hybridized carbons (Fsp3) is 0. The molecular formula is C43H29N5. The van der Waals surface area contributed by atoms with E-state index in [1.165, 1.54) is 0 Å². The van der Waals surface area contributed by atoms with Crippen LogP contribution in [0.25, 0.3) is 78.9 Å². The quantitative estimate of drug-likeness (QED) is 0.178. The minimum absolute atomic E-state index is 0.660. The van der Waals surface area contributed by atoms with Crippen LogP contribution in [-0.4, -0.2) is 24.9 Å². The first kappa shape index (κ1) is 28.9. The lowest BCUT2D eigenvalue weighted by molar-refractivity contribution is 1.18. The third-order valence-corrected chi connectivity index (χ3v) is 8.20. The first-order chi connectivity index (χ1) is 23.8. The van der Waals surface area contributed by atoms with E-state index in [0.717, 1.165) is 73.1 Å². The van der Waals surface area contributed by atoms with Crippen molar-refractivity contribution < 1.29 is 0 Å². The van der Waals surface area contributed by atoms with Crippen LogP contribution >= 0.6 is 0 Å². The van der Waals surface area contributed by atoms with Crippen molar-refractivity contribution >= 4 is 0 Å². The zero-order chi connectivity index (χ0) is 32.1. The molecule has 0 aliphatic carbocycles. The minimum atomic E-state index is 0.660. The number of hydrogen-bond acceptors (Lipinski definition) is 5. The van der Waals surface area contributed by atoms with Crippen LogP contribution in [0.2, 0.25) is 0 Å². The molecule has 4 heterocycles. The van der Waals surface area contributed by atoms with E-state index >= 15 is 0 Å². The van der Waals surface area contributed by atoms with E-state index in [0.29, 0.717) is 5.82 Å². The Hall–Kier alpha value is -6.59. The molecule has 0 amide bonds. The minimum Gasteiger partial charge on any atom is -0.255 e. The summed E-state index contributed by atoms with van der Waals surface area (Å²) in [7, 11) is 0. The fourth-order valence-electron chi connectivity index (χ4n) is 5.78. The van der Waals surface area contributed by atoms with Crippen molar-refractivity contribution in [2.24, 2.45) is 0 Å². The third kappa shape index (κ3) is 6.13. The Bertz CT molecular complexity index is 2270. The number of benzene rings is 4. The molecular weight excluding hydrogens is 587 g/mol. The van der Waals surface area contributed by atoms with E-state index in [-0.39, 0.29) is 0 Å². The molecule has 0 aliphatic rings. The molecule has 0 atom stereocenters. The number of hydrogen-bond donors (Lipinski definition) is 0. The van der Waals surface area contributed by atoms with Gasteiger partial charge in [0, 0.05) is 29.1 Å². The Labute approximate surface area is 279 Å². The van der Waals surface area contributed by atoms with Crippen molar-refractivity contribution in [2.45, 2.75) is 0 Å². The third-order valence-electron chi connectivity index (χ3n) is 8.20. The van der Waals surface area contributed by atoms with Gasteiger partial charge in [-0.25, -0.2) is 15.0 Å². The molecule has 4 aromatic carbocycles. The molecule has 8 aromatic rings. The highest BCUT2D eigenvalue weighted by Gasteiger charge is 2.15. The zero-order valence-electron chi connectivity index (χ0n) is 26.0. The SMILES string of the molecule is c1ccc(-c2cccc(-c3cc(-c4ccnc(-c5cc(-c6ccccc6)cc(-c6ccccn6)n5)c4)nc(-c4ccccc4)n3)c2)cc1. The Balaban J connectivity index is 1.26. The van der Waals surface area contributed by atoms with Gasteiger partial charge in [0.2, 0.25) is 0 Å². The second-order valence-electron chi connectivity index (χ2n) is 11.4. The van der Waals surface area contributed by atoms with Crippen LogP contribution in [0.15, 0.2) is 176 Å². The lowest BCUT2D eigenvalue weighted by atomic mass is 10.00. The molecule has 0 unspecified atom stereocenters. The van der Waals surface area contributed by atoms with Gasteiger partial charge in [-0.3, -0.25) is 9.97 Å². The van der Waals surface area contributed by atoms with Gasteiger partial charge in [0.15, 0.2) is 5.82 Å². The Morgan fingerprint density at radius 1 is 0.250 bits per heavy atom. The summed E-state index contributed by atoms with van der Waals surface area (Å²) in [4.78, 5) is 24.6. The molecule has 0 radical (unpaired) electrons. The number of pyridine rings is 3. The predicted molar refractivity (Wildman–Crippen MR) is 193 cm³/mol. The zero-order valence-corrected chi connectivity index (χ0v) is 26.0. The second-order valence-corrected chi connectivity index (χ2v) is 11.4. The van der Waals surface area contributed by atoms with Crippen LogP contribution in [0.1, 0.15) is 0 Å². The highest BCUT2D eigenvalue weighted by Crippen LogP contribution is 2.33. The van der Waals surface area contributed by atoms with Gasteiger partial charge >= 0.3 is 0 Å². The van der Waals surface area contributed by atoms with Crippen molar-refractivity contribution in [3.8, 4) is 78.9 Å². The van der Waals surface area contributed by atoms with Gasteiger partial charge in [-0.15, -0.1) is 0 Å². The molecule has 0 saturated heterocycles. The van der Waals surface area contributed by atoms with Gasteiger partial charge in [0.1, 0.15) is 0 Å². The van der Waals surface area contributed by atoms with Crippen LogP contribution < -0.4 is 0 Å². The van der Waals surface area contributed by atoms with E-state index in [2.05, 4.69) is 89.9 Å². The average molecular weight is 616 g/mol. The van der Waals surface area contributed by atoms with E-state index in [1.54, 1.807) is 6.20 Å². The standard InChI is InChI=1S/C43H29N5/c1-4-13-30(14-5-1)33-19-12-20-34(25-33)38-29-39(48-43(47-38)32-17-8-3-9-18-32)35-22-24-45-40(26-35)42-28-36(31-15-6-2-7-16-31)27-41(46-42)37-21-10-11-23-44-37/h1-29H. The summed E-state index contributed by atoms with van der Waals surface area (Å²) in [6.07, 6.45) is 3.61. The lowest BCUT2D eigenvalue weighted by Crippen LogP contribution is -1.97. The first-order valence-corrected chi connectivity index (χ1v) is 15.8. The lowest BCUT2D eigenvalue weighted by Gasteiger charge is -2.12. The van der Waals surface area contributed by atoms with Crippen molar-refractivity contribution in [2.75, 3.05) is 0 Å². The Morgan fingerprint density at radius 2 is 0.771 bits per heavy atom. The van der Waals surface area contributed by atoms with Gasteiger partial charge in [-0.05, 0) is 70.8 Å². The Morgan fingerprint density at radius 3 is 1.44 bits per heavy atom. The van der Waals surface area contributed by atoms with Crippen LogP contribution in [0, 0.1) is 0 Å². The highest BCUT2D eigenvalue weighted by molar-refractivity contribution is 5.79. The van der Waals surface area contributed by atoms with Crippen molar-refractivity contribution in [3.05, 3.63) is 176 Å². The molecule has 0 saturated carbocycles. The molecule has 0 aliphatic heterocycles. The van der Waals surface area contributed by atoms with Crippen molar-refractivity contribution in [1.82, 2.24) is 24.9 Å². The average Bonchev–Trinajstić information content (AvgIpc) is 3.19. The van der Waals surface area contributed by atoms with E-state index in [1.807, 2.05) is 85.1 Å². The van der Waals surface area contributed by atoms with Gasteiger partial charge in [-0.1, -0.05) is 115 Å². The summed E-state index contributed by atoms with van der Waals surface area (Å²) >= 11 is 0. The molecule has 5 heteroatoms. The smallest absolute Gasteiger partial charge is 0.160 e. The monoisotopic (exact) mass is 615 g/mol. The van der Waals surface area contributed by atoms with Gasteiger partial charge < -0.3 is 0 Å². The second kappa shape index (κ2) is 13.0. The van der Waals surface area contributed by atoms with Gasteiger partial charge in [0.05, 0.1) is 34.2 Å². The normalized spacial score (nSPS) is 10.9. The molecule has 48 heavy (non-hydrogen) atoms. The van der Waals surface area contributed by atoms with Crippen LogP contribution in [0.4, 0.5) is 0 Å². The number of nitrogens with zero attached hydrogens (tertiary/aromatic N) is 5. The summed E-state index contributed by atoms with van der Waals surface area (Å²) in [5.41, 5.74) is 12.1. The van der Waals surface area contributed by atoms with Crippen LogP contribution in [0.3, 0.4) is 0 Å². The molecule has 0 bridgehead atoms. The number of rotatable bonds is 7. The molecule has 0 spiro atoms. The van der Waals surface area contributed by atoms with Crippen LogP contribution in [-0.2, 0) is 0 Å². The largest absolute Gasteiger partial charge is 0.255 e. The summed E-state index contributed by atoms with van der Waals surface area (Å²) in [5.74, 6) is 0.660. The van der Waals surface area contributed by atoms with Crippen molar-refractivity contribution in [1.29, 1.82) is 0 Å². The highest BCUT2D eigenvalue weighted by atomic mass is 14.9. The first-order valence-electron chi connectivity index (χ1n) is 15.8. The molecule has 5 nitrogen and oxygen atoms in total. The predicted octanol–water partition coefficient (Wildman–Crippen LogP) is 10.3. The van der Waals surface area contributed by atoms with E-state index < -0.39 is 0 Å². The maximum atomic E-state index is 5.08. The Kier molecular flexibility index (Phi) is 7.83. The van der Waals surface area contributed by atoms with Crippen LogP contribution in [0.5, 0.6) is 0 Å². The summed E-state index contributed by atoms with van der Waals surface area (Å²) in [6, 6.07) is 55.5. The summed E-state index contributed by atoms with van der Waals surface area (Å²) in [6.45, 7) is 0. The van der Waals surface area contributed by atoms with Gasteiger partial charge in [-0.2, -0.15) is 0 Å². The maximum Gasteiger partial charge on any atom is 0.160 e. The fourth-order valence-corrected chi connectivity index (χ4v) is 5.78. The van der Waals surface area contributed by atoms with E-state index in [9.17, 15) is 0 Å². The molecule has 0 N–H and O–H groups in total. The molecule has 8 rings (SSSR count). The van der Waals surface area contributed by atoms with Crippen molar-refractivity contribution in [3.63, 3.8) is 0 Å².